The highest BCUT2D eigenvalue weighted by molar-refractivity contribution is 5.98. The highest BCUT2D eigenvalue weighted by atomic mass is 19.1. The molecular formula is C34H36FN3O3. The third-order valence-electron chi connectivity index (χ3n) is 7.81. The van der Waals surface area contributed by atoms with Gasteiger partial charge in [0.1, 0.15) is 11.6 Å². The zero-order valence-electron chi connectivity index (χ0n) is 24.3. The zero-order chi connectivity index (χ0) is 29.3. The third-order valence-corrected chi connectivity index (χ3v) is 7.81. The number of carbonyl (C=O) groups excluding carboxylic acids is 2. The number of ether oxygens (including phenoxy) is 1. The van der Waals surface area contributed by atoms with Crippen molar-refractivity contribution in [3.63, 3.8) is 0 Å². The van der Waals surface area contributed by atoms with Crippen LogP contribution in [0.5, 0.6) is 5.75 Å². The monoisotopic (exact) mass is 553 g/mol. The number of hydrogen-bond acceptors (Lipinski definition) is 3. The molecule has 7 heteroatoms. The molecule has 0 saturated carbocycles. The second-order valence-electron chi connectivity index (χ2n) is 11.5. The summed E-state index contributed by atoms with van der Waals surface area (Å²) in [6.07, 6.45) is 0. The molecule has 0 bridgehead atoms. The van der Waals surface area contributed by atoms with E-state index in [0.29, 0.717) is 60.1 Å². The van der Waals surface area contributed by atoms with E-state index in [9.17, 15) is 9.59 Å². The lowest BCUT2D eigenvalue weighted by molar-refractivity contribution is 0.0535. The van der Waals surface area contributed by atoms with Gasteiger partial charge in [-0.3, -0.25) is 9.59 Å². The van der Waals surface area contributed by atoms with Crippen LogP contribution in [0.3, 0.4) is 0 Å². The Morgan fingerprint density at radius 3 is 1.95 bits per heavy atom. The van der Waals surface area contributed by atoms with Gasteiger partial charge in [-0.15, -0.1) is 0 Å². The van der Waals surface area contributed by atoms with E-state index in [0.717, 1.165) is 5.56 Å². The molecule has 6 nitrogen and oxygen atoms in total. The van der Waals surface area contributed by atoms with Crippen molar-refractivity contribution >= 4 is 11.8 Å². The number of nitrogens with zero attached hydrogens (tertiary/aromatic N) is 3. The van der Waals surface area contributed by atoms with Crippen LogP contribution < -0.4 is 4.74 Å². The number of benzene rings is 3. The Morgan fingerprint density at radius 1 is 0.805 bits per heavy atom. The molecule has 1 aliphatic heterocycles. The maximum atomic E-state index is 15.0. The van der Waals surface area contributed by atoms with Crippen molar-refractivity contribution in [2.45, 2.75) is 33.1 Å². The normalized spacial score (nSPS) is 13.8. The van der Waals surface area contributed by atoms with E-state index in [2.05, 4.69) is 20.8 Å². The van der Waals surface area contributed by atoms with Crippen LogP contribution in [0.4, 0.5) is 4.39 Å². The molecule has 0 atom stereocenters. The van der Waals surface area contributed by atoms with Crippen molar-refractivity contribution in [1.82, 2.24) is 14.4 Å². The first-order chi connectivity index (χ1) is 19.6. The van der Waals surface area contributed by atoms with Crippen molar-refractivity contribution in [3.05, 3.63) is 107 Å². The van der Waals surface area contributed by atoms with E-state index in [1.165, 1.54) is 11.6 Å². The summed E-state index contributed by atoms with van der Waals surface area (Å²) < 4.78 is 22.1. The minimum Gasteiger partial charge on any atom is -0.497 e. The summed E-state index contributed by atoms with van der Waals surface area (Å²) in [6.45, 7) is 10.0. The Morgan fingerprint density at radius 2 is 1.39 bits per heavy atom. The molecule has 1 aliphatic rings. The molecule has 212 valence electrons. The van der Waals surface area contributed by atoms with E-state index in [1.807, 2.05) is 61.5 Å². The largest absolute Gasteiger partial charge is 0.497 e. The lowest BCUT2D eigenvalue weighted by Gasteiger charge is -2.35. The SMILES string of the molecule is COc1ccc(-c2cc(C(=O)N3CCN(C(=O)c4ccc(C(C)(C)C)cc4)CC3)c(C)n2-c2ccccc2F)cc1. The fourth-order valence-corrected chi connectivity index (χ4v) is 5.32. The summed E-state index contributed by atoms with van der Waals surface area (Å²) in [4.78, 5) is 30.6. The van der Waals surface area contributed by atoms with Gasteiger partial charge in [0.25, 0.3) is 11.8 Å². The number of para-hydroxylation sites is 1. The van der Waals surface area contributed by atoms with Gasteiger partial charge in [-0.25, -0.2) is 4.39 Å². The Bertz CT molecular complexity index is 1560. The van der Waals surface area contributed by atoms with Crippen LogP contribution >= 0.6 is 0 Å². The first-order valence-corrected chi connectivity index (χ1v) is 13.9. The summed E-state index contributed by atoms with van der Waals surface area (Å²) in [5, 5.41) is 0. The number of amides is 2. The molecule has 3 aromatic carbocycles. The summed E-state index contributed by atoms with van der Waals surface area (Å²) in [5.41, 5.74) is 4.94. The summed E-state index contributed by atoms with van der Waals surface area (Å²) >= 11 is 0. The molecule has 4 aromatic rings. The van der Waals surface area contributed by atoms with Crippen molar-refractivity contribution in [1.29, 1.82) is 0 Å². The molecular weight excluding hydrogens is 517 g/mol. The number of rotatable bonds is 5. The average Bonchev–Trinajstić information content (AvgIpc) is 3.33. The Kier molecular flexibility index (Phi) is 7.72. The number of methoxy groups -OCH3 is 1. The van der Waals surface area contributed by atoms with Crippen LogP contribution in [0.15, 0.2) is 78.9 Å². The van der Waals surface area contributed by atoms with Crippen LogP contribution in [-0.2, 0) is 5.41 Å². The van der Waals surface area contributed by atoms with E-state index in [-0.39, 0.29) is 23.0 Å². The van der Waals surface area contributed by atoms with E-state index < -0.39 is 0 Å². The van der Waals surface area contributed by atoms with Crippen LogP contribution in [0.25, 0.3) is 16.9 Å². The van der Waals surface area contributed by atoms with Gasteiger partial charge in [0.2, 0.25) is 0 Å². The fourth-order valence-electron chi connectivity index (χ4n) is 5.32. The van der Waals surface area contributed by atoms with Gasteiger partial charge in [0.05, 0.1) is 24.1 Å². The predicted octanol–water partition coefficient (Wildman–Crippen LogP) is 6.50. The van der Waals surface area contributed by atoms with Crippen LogP contribution in [-0.4, -0.2) is 59.5 Å². The van der Waals surface area contributed by atoms with Crippen LogP contribution in [0, 0.1) is 12.7 Å². The standard InChI is InChI=1S/C34H36FN3O3/c1-23-28(22-31(24-12-16-27(41-5)17-13-24)38(23)30-9-7-6-8-29(30)35)33(40)37-20-18-36(19-21-37)32(39)25-10-14-26(15-11-25)34(2,3)4/h6-17,22H,18-21H2,1-5H3. The van der Waals surface area contributed by atoms with E-state index in [4.69, 9.17) is 4.74 Å². The Labute approximate surface area is 241 Å². The fraction of sp³-hybridized carbons (Fsp3) is 0.294. The molecule has 1 fully saturated rings. The average molecular weight is 554 g/mol. The van der Waals surface area contributed by atoms with Gasteiger partial charge in [-0.05, 0) is 78.1 Å². The van der Waals surface area contributed by atoms with Gasteiger partial charge >= 0.3 is 0 Å². The second-order valence-corrected chi connectivity index (χ2v) is 11.5. The summed E-state index contributed by atoms with van der Waals surface area (Å²) in [5.74, 6) is 0.182. The summed E-state index contributed by atoms with van der Waals surface area (Å²) in [7, 11) is 1.61. The Balaban J connectivity index is 1.38. The first kappa shape index (κ1) is 28.1. The minimum absolute atomic E-state index is 0.0180. The molecule has 0 radical (unpaired) electrons. The maximum Gasteiger partial charge on any atom is 0.255 e. The van der Waals surface area contributed by atoms with Gasteiger partial charge < -0.3 is 19.1 Å². The molecule has 1 aromatic heterocycles. The highest BCUT2D eigenvalue weighted by Crippen LogP contribution is 2.32. The Hall–Kier alpha value is -4.39. The van der Waals surface area contributed by atoms with Gasteiger partial charge in [0, 0.05) is 37.4 Å². The summed E-state index contributed by atoms with van der Waals surface area (Å²) in [6, 6.07) is 23.7. The lowest BCUT2D eigenvalue weighted by atomic mass is 9.86. The van der Waals surface area contributed by atoms with Crippen molar-refractivity contribution in [3.8, 4) is 22.7 Å². The van der Waals surface area contributed by atoms with Crippen LogP contribution in [0.2, 0.25) is 0 Å². The molecule has 2 amide bonds. The minimum atomic E-state index is -0.373. The highest BCUT2D eigenvalue weighted by Gasteiger charge is 2.29. The quantitative estimate of drug-likeness (QED) is 0.284. The molecule has 0 spiro atoms. The van der Waals surface area contributed by atoms with Crippen molar-refractivity contribution in [2.75, 3.05) is 33.3 Å². The number of carbonyl (C=O) groups is 2. The molecule has 1 saturated heterocycles. The molecule has 0 unspecified atom stereocenters. The van der Waals surface area contributed by atoms with E-state index >= 15 is 4.39 Å². The molecule has 0 aliphatic carbocycles. The smallest absolute Gasteiger partial charge is 0.255 e. The molecule has 0 N–H and O–H groups in total. The number of piperazine rings is 1. The first-order valence-electron chi connectivity index (χ1n) is 13.9. The van der Waals surface area contributed by atoms with Crippen LogP contribution in [0.1, 0.15) is 52.7 Å². The molecule has 5 rings (SSSR count). The third kappa shape index (κ3) is 5.62. The molecule has 2 heterocycles. The van der Waals surface area contributed by atoms with E-state index in [1.54, 1.807) is 39.7 Å². The van der Waals surface area contributed by atoms with Crippen molar-refractivity contribution < 1.29 is 18.7 Å². The van der Waals surface area contributed by atoms with Gasteiger partial charge in [0.15, 0.2) is 0 Å². The maximum absolute atomic E-state index is 15.0. The zero-order valence-corrected chi connectivity index (χ0v) is 24.3. The molecule has 41 heavy (non-hydrogen) atoms. The van der Waals surface area contributed by atoms with Gasteiger partial charge in [-0.1, -0.05) is 45.0 Å². The number of halogens is 1. The predicted molar refractivity (Wildman–Crippen MR) is 159 cm³/mol. The van der Waals surface area contributed by atoms with Crippen molar-refractivity contribution in [2.24, 2.45) is 0 Å². The van der Waals surface area contributed by atoms with Gasteiger partial charge in [-0.2, -0.15) is 0 Å². The topological polar surface area (TPSA) is 54.8 Å². The number of hydrogen-bond donors (Lipinski definition) is 0. The second kappa shape index (κ2) is 11.2. The number of aromatic nitrogens is 1. The lowest BCUT2D eigenvalue weighted by Crippen LogP contribution is -2.50.